The number of hydrogen-bond donors (Lipinski definition) is 1. The number of nitrogens with zero attached hydrogens (tertiary/aromatic N) is 2. The van der Waals surface area contributed by atoms with Gasteiger partial charge in [0.15, 0.2) is 0 Å². The van der Waals surface area contributed by atoms with Gasteiger partial charge in [0.2, 0.25) is 0 Å². The quantitative estimate of drug-likeness (QED) is 0.881. The lowest BCUT2D eigenvalue weighted by Gasteiger charge is -2.20. The van der Waals surface area contributed by atoms with Gasteiger partial charge in [-0.2, -0.15) is 0 Å². The van der Waals surface area contributed by atoms with E-state index in [0.717, 1.165) is 18.6 Å². The van der Waals surface area contributed by atoms with E-state index in [0.29, 0.717) is 6.04 Å². The van der Waals surface area contributed by atoms with Gasteiger partial charge in [0.1, 0.15) is 0 Å². The fraction of sp³-hybridized carbons (Fsp3) is 0.462. The Hall–Kier alpha value is -0.970. The fourth-order valence-electron chi connectivity index (χ4n) is 2.17. The van der Waals surface area contributed by atoms with E-state index in [-0.39, 0.29) is 6.61 Å². The van der Waals surface area contributed by atoms with Crippen LogP contribution in [0.5, 0.6) is 0 Å². The molecule has 0 aliphatic heterocycles. The van der Waals surface area contributed by atoms with Crippen LogP contribution in [0.25, 0.3) is 10.2 Å². The average Bonchev–Trinajstić information content (AvgIpc) is 3.07. The summed E-state index contributed by atoms with van der Waals surface area (Å²) in [6.07, 6.45) is 4.51. The Morgan fingerprint density at radius 2 is 2.35 bits per heavy atom. The van der Waals surface area contributed by atoms with E-state index in [9.17, 15) is 0 Å². The van der Waals surface area contributed by atoms with Crippen molar-refractivity contribution >= 4 is 21.6 Å². The molecule has 1 aliphatic rings. The van der Waals surface area contributed by atoms with E-state index in [4.69, 9.17) is 5.11 Å². The van der Waals surface area contributed by atoms with Crippen molar-refractivity contribution in [3.63, 3.8) is 0 Å². The van der Waals surface area contributed by atoms with Gasteiger partial charge in [-0.25, -0.2) is 0 Å². The van der Waals surface area contributed by atoms with Gasteiger partial charge in [0.25, 0.3) is 0 Å². The molecule has 0 atom stereocenters. The molecule has 0 aromatic carbocycles. The van der Waals surface area contributed by atoms with E-state index in [1.54, 1.807) is 11.3 Å². The van der Waals surface area contributed by atoms with Crippen LogP contribution in [0.1, 0.15) is 18.4 Å². The van der Waals surface area contributed by atoms with Crippen molar-refractivity contribution in [2.75, 3.05) is 13.2 Å². The minimum absolute atomic E-state index is 0.241. The highest BCUT2D eigenvalue weighted by atomic mass is 32.1. The number of aliphatic hydroxyl groups is 1. The summed E-state index contributed by atoms with van der Waals surface area (Å²) in [6.45, 7) is 1.92. The summed E-state index contributed by atoms with van der Waals surface area (Å²) in [5.41, 5.74) is 2.33. The Labute approximate surface area is 105 Å². The van der Waals surface area contributed by atoms with Crippen LogP contribution in [0.4, 0.5) is 0 Å². The van der Waals surface area contributed by atoms with Gasteiger partial charge in [0.05, 0.1) is 16.8 Å². The molecule has 3 nitrogen and oxygen atoms in total. The molecule has 0 amide bonds. The highest BCUT2D eigenvalue weighted by molar-refractivity contribution is 7.17. The highest BCUT2D eigenvalue weighted by Gasteiger charge is 2.28. The fourth-order valence-corrected chi connectivity index (χ4v) is 2.97. The average molecular weight is 248 g/mol. The molecule has 4 heteroatoms. The number of aliphatic hydroxyl groups excluding tert-OH is 1. The predicted molar refractivity (Wildman–Crippen MR) is 70.1 cm³/mol. The lowest BCUT2D eigenvalue weighted by Crippen LogP contribution is -2.28. The smallest absolute Gasteiger partial charge is 0.0809 e. The number of pyridine rings is 1. The van der Waals surface area contributed by atoms with Gasteiger partial charge < -0.3 is 5.11 Å². The zero-order valence-corrected chi connectivity index (χ0v) is 10.5. The summed E-state index contributed by atoms with van der Waals surface area (Å²) in [4.78, 5) is 6.81. The van der Waals surface area contributed by atoms with Crippen LogP contribution in [0, 0.1) is 0 Å². The molecule has 1 aliphatic carbocycles. The first-order valence-corrected chi connectivity index (χ1v) is 6.92. The third kappa shape index (κ3) is 2.49. The highest BCUT2D eigenvalue weighted by Crippen LogP contribution is 2.28. The number of rotatable bonds is 5. The molecule has 0 radical (unpaired) electrons. The number of aromatic nitrogens is 1. The summed E-state index contributed by atoms with van der Waals surface area (Å²) in [7, 11) is 0. The molecule has 0 bridgehead atoms. The molecule has 2 heterocycles. The van der Waals surface area contributed by atoms with E-state index >= 15 is 0 Å². The first-order valence-electron chi connectivity index (χ1n) is 6.04. The Balaban J connectivity index is 1.77. The second kappa shape index (κ2) is 4.72. The van der Waals surface area contributed by atoms with Gasteiger partial charge in [-0.3, -0.25) is 9.88 Å². The van der Waals surface area contributed by atoms with E-state index < -0.39 is 0 Å². The van der Waals surface area contributed by atoms with Crippen molar-refractivity contribution in [1.82, 2.24) is 9.88 Å². The third-order valence-electron chi connectivity index (χ3n) is 3.20. The predicted octanol–water partition coefficient (Wildman–Crippen LogP) is 2.25. The third-order valence-corrected chi connectivity index (χ3v) is 4.05. The topological polar surface area (TPSA) is 36.4 Å². The molecule has 1 saturated carbocycles. The van der Waals surface area contributed by atoms with Crippen LogP contribution >= 0.6 is 11.3 Å². The molecule has 1 fully saturated rings. The van der Waals surface area contributed by atoms with E-state index in [1.807, 2.05) is 6.20 Å². The van der Waals surface area contributed by atoms with Gasteiger partial charge in [0, 0.05) is 25.3 Å². The summed E-state index contributed by atoms with van der Waals surface area (Å²) in [5, 5.41) is 11.2. The molecule has 0 unspecified atom stereocenters. The Kier molecular flexibility index (Phi) is 3.09. The van der Waals surface area contributed by atoms with Gasteiger partial charge in [-0.05, 0) is 35.9 Å². The minimum atomic E-state index is 0.241. The maximum atomic E-state index is 9.07. The van der Waals surface area contributed by atoms with Crippen molar-refractivity contribution < 1.29 is 5.11 Å². The zero-order valence-electron chi connectivity index (χ0n) is 9.67. The van der Waals surface area contributed by atoms with Crippen LogP contribution in [0.2, 0.25) is 0 Å². The summed E-state index contributed by atoms with van der Waals surface area (Å²) in [6, 6.07) is 4.96. The first kappa shape index (κ1) is 11.1. The summed E-state index contributed by atoms with van der Waals surface area (Å²) < 4.78 is 1.25. The molecule has 0 spiro atoms. The largest absolute Gasteiger partial charge is 0.395 e. The van der Waals surface area contributed by atoms with Crippen molar-refractivity contribution in [2.24, 2.45) is 0 Å². The molecule has 2 aromatic rings. The zero-order chi connectivity index (χ0) is 11.7. The second-order valence-corrected chi connectivity index (χ2v) is 5.52. The van der Waals surface area contributed by atoms with Crippen LogP contribution in [-0.2, 0) is 6.54 Å². The Morgan fingerprint density at radius 3 is 3.12 bits per heavy atom. The Bertz CT molecular complexity index is 507. The van der Waals surface area contributed by atoms with Crippen molar-refractivity contribution in [3.05, 3.63) is 29.3 Å². The first-order chi connectivity index (χ1) is 8.36. The number of fused-ring (bicyclic) bond motifs is 1. The molecular weight excluding hydrogens is 232 g/mol. The molecule has 90 valence electrons. The van der Waals surface area contributed by atoms with Gasteiger partial charge >= 0.3 is 0 Å². The minimum Gasteiger partial charge on any atom is -0.395 e. The summed E-state index contributed by atoms with van der Waals surface area (Å²) >= 11 is 1.74. The SMILES string of the molecule is OCCN(Cc1cnc2ccsc2c1)C1CC1. The lowest BCUT2D eigenvalue weighted by atomic mass is 10.2. The molecule has 17 heavy (non-hydrogen) atoms. The van der Waals surface area contributed by atoms with Crippen LogP contribution in [0.15, 0.2) is 23.7 Å². The molecule has 3 rings (SSSR count). The normalized spacial score (nSPS) is 15.9. The number of thiophene rings is 1. The van der Waals surface area contributed by atoms with Crippen LogP contribution in [-0.4, -0.2) is 34.2 Å². The monoisotopic (exact) mass is 248 g/mol. The van der Waals surface area contributed by atoms with E-state index in [1.165, 1.54) is 23.1 Å². The molecule has 1 N–H and O–H groups in total. The van der Waals surface area contributed by atoms with Gasteiger partial charge in [-0.15, -0.1) is 11.3 Å². The van der Waals surface area contributed by atoms with Crippen LogP contribution < -0.4 is 0 Å². The lowest BCUT2D eigenvalue weighted by molar-refractivity contribution is 0.183. The van der Waals surface area contributed by atoms with Crippen molar-refractivity contribution in [2.45, 2.75) is 25.4 Å². The maximum Gasteiger partial charge on any atom is 0.0809 e. The van der Waals surface area contributed by atoms with E-state index in [2.05, 4.69) is 27.4 Å². The van der Waals surface area contributed by atoms with Gasteiger partial charge in [-0.1, -0.05) is 0 Å². The number of hydrogen-bond acceptors (Lipinski definition) is 4. The maximum absolute atomic E-state index is 9.07. The Morgan fingerprint density at radius 1 is 1.47 bits per heavy atom. The summed E-state index contributed by atoms with van der Waals surface area (Å²) in [5.74, 6) is 0. The second-order valence-electron chi connectivity index (χ2n) is 4.57. The molecule has 0 saturated heterocycles. The molecular formula is C13H16N2OS. The standard InChI is InChI=1S/C13H16N2OS/c16-5-4-15(11-1-2-11)9-10-7-13-12(14-8-10)3-6-17-13/h3,6-8,11,16H,1-2,4-5,9H2. The van der Waals surface area contributed by atoms with Crippen molar-refractivity contribution in [1.29, 1.82) is 0 Å². The molecule has 2 aromatic heterocycles. The van der Waals surface area contributed by atoms with Crippen molar-refractivity contribution in [3.8, 4) is 0 Å². The van der Waals surface area contributed by atoms with Crippen LogP contribution in [0.3, 0.4) is 0 Å².